The summed E-state index contributed by atoms with van der Waals surface area (Å²) in [6, 6.07) is 20.9. The van der Waals surface area contributed by atoms with E-state index in [1.54, 1.807) is 13.2 Å². The monoisotopic (exact) mass is 436 g/mol. The summed E-state index contributed by atoms with van der Waals surface area (Å²) in [5.74, 6) is 1.47. The molecule has 0 amide bonds. The standard InChI is InChI=1S/C23H24N4O3S/c1-30-22-10-6-5-9-20(22)21-11-12-23(25-24-21)26-14-16-27(17-15-26)31(28,29)18-13-19-7-3-2-4-8-19/h2-13,18H,14-17H2,1H3/b18-13-. The lowest BCUT2D eigenvalue weighted by atomic mass is 10.1. The second-order valence-electron chi connectivity index (χ2n) is 7.12. The van der Waals surface area contributed by atoms with Gasteiger partial charge < -0.3 is 9.64 Å². The second kappa shape index (κ2) is 9.28. The zero-order valence-electron chi connectivity index (χ0n) is 17.3. The molecule has 2 heterocycles. The first-order valence-electron chi connectivity index (χ1n) is 10.0. The maximum absolute atomic E-state index is 12.6. The quantitative estimate of drug-likeness (QED) is 0.590. The number of rotatable bonds is 6. The first-order valence-corrected chi connectivity index (χ1v) is 11.5. The van der Waals surface area contributed by atoms with Gasteiger partial charge in [0.2, 0.25) is 10.0 Å². The largest absolute Gasteiger partial charge is 0.496 e. The van der Waals surface area contributed by atoms with E-state index in [4.69, 9.17) is 4.74 Å². The number of para-hydroxylation sites is 1. The third-order valence-electron chi connectivity index (χ3n) is 5.19. The third kappa shape index (κ3) is 4.92. The number of ether oxygens (including phenoxy) is 1. The van der Waals surface area contributed by atoms with E-state index in [2.05, 4.69) is 10.2 Å². The first kappa shape index (κ1) is 21.0. The van der Waals surface area contributed by atoms with Crippen molar-refractivity contribution in [1.82, 2.24) is 14.5 Å². The summed E-state index contributed by atoms with van der Waals surface area (Å²) in [6.45, 7) is 1.91. The van der Waals surface area contributed by atoms with Gasteiger partial charge in [-0.05, 0) is 35.9 Å². The molecule has 31 heavy (non-hydrogen) atoms. The number of sulfonamides is 1. The SMILES string of the molecule is COc1ccccc1-c1ccc(N2CCN(S(=O)(=O)/C=C\c3ccccc3)CC2)nn1. The molecule has 0 aliphatic carbocycles. The zero-order chi connectivity index (χ0) is 21.7. The Balaban J connectivity index is 1.40. The topological polar surface area (TPSA) is 75.6 Å². The van der Waals surface area contributed by atoms with Gasteiger partial charge in [0.25, 0.3) is 0 Å². The smallest absolute Gasteiger partial charge is 0.236 e. The van der Waals surface area contributed by atoms with E-state index in [0.717, 1.165) is 28.4 Å². The summed E-state index contributed by atoms with van der Waals surface area (Å²) >= 11 is 0. The van der Waals surface area contributed by atoms with Crippen molar-refractivity contribution in [1.29, 1.82) is 0 Å². The molecule has 4 rings (SSSR count). The van der Waals surface area contributed by atoms with Crippen LogP contribution in [0.3, 0.4) is 0 Å². The maximum Gasteiger partial charge on any atom is 0.236 e. The lowest BCUT2D eigenvalue weighted by molar-refractivity contribution is 0.388. The third-order valence-corrected chi connectivity index (χ3v) is 6.75. The van der Waals surface area contributed by atoms with Crippen LogP contribution in [0, 0.1) is 0 Å². The van der Waals surface area contributed by atoms with E-state index in [0.29, 0.717) is 26.2 Å². The van der Waals surface area contributed by atoms with Crippen LogP contribution in [0.2, 0.25) is 0 Å². The van der Waals surface area contributed by atoms with Gasteiger partial charge in [-0.15, -0.1) is 10.2 Å². The number of benzene rings is 2. The van der Waals surface area contributed by atoms with E-state index in [1.807, 2.05) is 71.6 Å². The molecule has 160 valence electrons. The van der Waals surface area contributed by atoms with E-state index < -0.39 is 10.0 Å². The Morgan fingerprint density at radius 3 is 2.26 bits per heavy atom. The maximum atomic E-state index is 12.6. The van der Waals surface area contributed by atoms with E-state index in [1.165, 1.54) is 9.71 Å². The molecule has 0 spiro atoms. The van der Waals surface area contributed by atoms with Gasteiger partial charge in [0.15, 0.2) is 5.82 Å². The molecule has 1 aliphatic rings. The van der Waals surface area contributed by atoms with Crippen molar-refractivity contribution in [3.8, 4) is 17.0 Å². The molecule has 8 heteroatoms. The molecule has 0 N–H and O–H groups in total. The molecule has 1 aromatic heterocycles. The molecular weight excluding hydrogens is 412 g/mol. The average molecular weight is 437 g/mol. The van der Waals surface area contributed by atoms with Crippen molar-refractivity contribution in [3.05, 3.63) is 77.7 Å². The molecule has 0 atom stereocenters. The van der Waals surface area contributed by atoms with Crippen LogP contribution >= 0.6 is 0 Å². The fraction of sp³-hybridized carbons (Fsp3) is 0.217. The minimum absolute atomic E-state index is 0.400. The zero-order valence-corrected chi connectivity index (χ0v) is 18.1. The summed E-state index contributed by atoms with van der Waals surface area (Å²) in [5, 5.41) is 9.98. The Hall–Kier alpha value is -3.23. The molecule has 0 bridgehead atoms. The summed E-state index contributed by atoms with van der Waals surface area (Å²) in [6.07, 6.45) is 1.63. The number of aromatic nitrogens is 2. The molecule has 0 unspecified atom stereocenters. The Kier molecular flexibility index (Phi) is 6.29. The van der Waals surface area contributed by atoms with Gasteiger partial charge in [-0.2, -0.15) is 4.31 Å². The molecule has 2 aromatic carbocycles. The highest BCUT2D eigenvalue weighted by Crippen LogP contribution is 2.28. The highest BCUT2D eigenvalue weighted by atomic mass is 32.2. The fourth-order valence-electron chi connectivity index (χ4n) is 3.48. The number of methoxy groups -OCH3 is 1. The Bertz CT molecular complexity index is 1140. The molecule has 7 nitrogen and oxygen atoms in total. The van der Waals surface area contributed by atoms with Gasteiger partial charge in [0.1, 0.15) is 5.75 Å². The van der Waals surface area contributed by atoms with Crippen LogP contribution in [0.15, 0.2) is 72.1 Å². The Labute approximate surface area is 182 Å². The summed E-state index contributed by atoms with van der Waals surface area (Å²) in [5.41, 5.74) is 2.47. The minimum Gasteiger partial charge on any atom is -0.496 e. The number of nitrogens with zero attached hydrogens (tertiary/aromatic N) is 4. The van der Waals surface area contributed by atoms with Gasteiger partial charge in [-0.1, -0.05) is 42.5 Å². The van der Waals surface area contributed by atoms with E-state index in [9.17, 15) is 8.42 Å². The second-order valence-corrected chi connectivity index (χ2v) is 8.94. The van der Waals surface area contributed by atoms with Crippen LogP contribution in [-0.2, 0) is 10.0 Å². The lowest BCUT2D eigenvalue weighted by Gasteiger charge is -2.33. The van der Waals surface area contributed by atoms with Crippen LogP contribution in [0.4, 0.5) is 5.82 Å². The molecule has 1 fully saturated rings. The van der Waals surface area contributed by atoms with E-state index >= 15 is 0 Å². The summed E-state index contributed by atoms with van der Waals surface area (Å²) in [4.78, 5) is 2.05. The number of hydrogen-bond acceptors (Lipinski definition) is 6. The average Bonchev–Trinajstić information content (AvgIpc) is 2.84. The first-order chi connectivity index (χ1) is 15.1. The van der Waals surface area contributed by atoms with Crippen molar-refractivity contribution < 1.29 is 13.2 Å². The summed E-state index contributed by atoms with van der Waals surface area (Å²) < 4.78 is 32.2. The predicted molar refractivity (Wildman–Crippen MR) is 122 cm³/mol. The molecule has 3 aromatic rings. The van der Waals surface area contributed by atoms with Crippen LogP contribution in [0.1, 0.15) is 5.56 Å². The van der Waals surface area contributed by atoms with E-state index in [-0.39, 0.29) is 0 Å². The Morgan fingerprint density at radius 2 is 1.58 bits per heavy atom. The summed E-state index contributed by atoms with van der Waals surface area (Å²) in [7, 11) is -1.83. The van der Waals surface area contributed by atoms with Crippen molar-refractivity contribution in [2.45, 2.75) is 0 Å². The molecule has 0 saturated carbocycles. The van der Waals surface area contributed by atoms with Crippen LogP contribution in [0.25, 0.3) is 17.3 Å². The normalized spacial score (nSPS) is 15.3. The lowest BCUT2D eigenvalue weighted by Crippen LogP contribution is -2.48. The molecule has 1 aliphatic heterocycles. The van der Waals surface area contributed by atoms with Crippen molar-refractivity contribution in [2.75, 3.05) is 38.2 Å². The Morgan fingerprint density at radius 1 is 0.871 bits per heavy atom. The highest BCUT2D eigenvalue weighted by molar-refractivity contribution is 7.92. The van der Waals surface area contributed by atoms with Crippen molar-refractivity contribution in [3.63, 3.8) is 0 Å². The van der Waals surface area contributed by atoms with Crippen molar-refractivity contribution >= 4 is 21.9 Å². The minimum atomic E-state index is -3.46. The van der Waals surface area contributed by atoms with Gasteiger partial charge in [-0.3, -0.25) is 0 Å². The molecular formula is C23H24N4O3S. The predicted octanol–water partition coefficient (Wildman–Crippen LogP) is 3.27. The van der Waals surface area contributed by atoms with Crippen molar-refractivity contribution in [2.24, 2.45) is 0 Å². The number of anilines is 1. The van der Waals surface area contributed by atoms with Gasteiger partial charge in [0.05, 0.1) is 12.8 Å². The van der Waals surface area contributed by atoms with Crippen LogP contribution < -0.4 is 9.64 Å². The fourth-order valence-corrected chi connectivity index (χ4v) is 4.65. The molecule has 0 radical (unpaired) electrons. The van der Waals surface area contributed by atoms with Gasteiger partial charge in [0, 0.05) is 37.2 Å². The van der Waals surface area contributed by atoms with Gasteiger partial charge >= 0.3 is 0 Å². The molecule has 1 saturated heterocycles. The number of piperazine rings is 1. The highest BCUT2D eigenvalue weighted by Gasteiger charge is 2.25. The number of hydrogen-bond donors (Lipinski definition) is 0. The van der Waals surface area contributed by atoms with Crippen LogP contribution in [-0.4, -0.2) is 56.2 Å². The van der Waals surface area contributed by atoms with Gasteiger partial charge in [-0.25, -0.2) is 8.42 Å². The van der Waals surface area contributed by atoms with Crippen LogP contribution in [0.5, 0.6) is 5.75 Å².